The third-order valence-corrected chi connectivity index (χ3v) is 5.76. The Morgan fingerprint density at radius 2 is 1.84 bits per heavy atom. The van der Waals surface area contributed by atoms with Gasteiger partial charge in [-0.05, 0) is 49.2 Å². The van der Waals surface area contributed by atoms with Crippen LogP contribution in [0.1, 0.15) is 35.7 Å². The standard InChI is InChI=1S/C19H24N2O3S/c1-4-5-12-21(3)25(23,24)18-11-7-9-16(14-18)19(22)20-17-10-6-8-15(2)13-17/h6-11,13-14H,4-5,12H2,1-3H3,(H,20,22). The molecular formula is C19H24N2O3S. The predicted molar refractivity (Wildman–Crippen MR) is 100 cm³/mol. The number of benzene rings is 2. The number of hydrogen-bond donors (Lipinski definition) is 1. The Hall–Kier alpha value is -2.18. The molecule has 0 heterocycles. The number of hydrogen-bond acceptors (Lipinski definition) is 3. The first-order valence-electron chi connectivity index (χ1n) is 8.29. The molecule has 0 atom stereocenters. The molecule has 0 aliphatic carbocycles. The molecule has 0 aromatic heterocycles. The molecular weight excluding hydrogens is 336 g/mol. The van der Waals surface area contributed by atoms with E-state index in [9.17, 15) is 13.2 Å². The van der Waals surface area contributed by atoms with Crippen molar-refractivity contribution in [1.29, 1.82) is 0 Å². The molecule has 25 heavy (non-hydrogen) atoms. The van der Waals surface area contributed by atoms with Crippen LogP contribution in [0, 0.1) is 6.92 Å². The number of aryl methyl sites for hydroxylation is 1. The number of unbranched alkanes of at least 4 members (excludes halogenated alkanes) is 1. The zero-order chi connectivity index (χ0) is 18.4. The minimum absolute atomic E-state index is 0.128. The zero-order valence-corrected chi connectivity index (χ0v) is 15.6. The van der Waals surface area contributed by atoms with Gasteiger partial charge in [0.25, 0.3) is 5.91 Å². The Bertz CT molecular complexity index is 847. The summed E-state index contributed by atoms with van der Waals surface area (Å²) in [5, 5.41) is 2.79. The van der Waals surface area contributed by atoms with Gasteiger partial charge >= 0.3 is 0 Å². The van der Waals surface area contributed by atoms with Crippen molar-refractivity contribution in [2.24, 2.45) is 0 Å². The van der Waals surface area contributed by atoms with E-state index in [1.165, 1.54) is 16.4 Å². The van der Waals surface area contributed by atoms with E-state index in [0.29, 0.717) is 17.8 Å². The van der Waals surface area contributed by atoms with Crippen molar-refractivity contribution in [1.82, 2.24) is 4.31 Å². The highest BCUT2D eigenvalue weighted by Crippen LogP contribution is 2.18. The summed E-state index contributed by atoms with van der Waals surface area (Å²) < 4.78 is 26.5. The highest BCUT2D eigenvalue weighted by molar-refractivity contribution is 7.89. The molecule has 0 fully saturated rings. The summed E-state index contributed by atoms with van der Waals surface area (Å²) >= 11 is 0. The average Bonchev–Trinajstić information content (AvgIpc) is 2.59. The van der Waals surface area contributed by atoms with Crippen molar-refractivity contribution >= 4 is 21.6 Å². The first-order chi connectivity index (χ1) is 11.8. The number of sulfonamides is 1. The molecule has 2 aromatic rings. The predicted octanol–water partition coefficient (Wildman–Crippen LogP) is 3.67. The molecule has 0 saturated carbocycles. The fourth-order valence-electron chi connectivity index (χ4n) is 2.40. The van der Waals surface area contributed by atoms with Crippen LogP contribution < -0.4 is 5.32 Å². The van der Waals surface area contributed by atoms with E-state index in [1.54, 1.807) is 25.2 Å². The number of carbonyl (C=O) groups is 1. The van der Waals surface area contributed by atoms with Gasteiger partial charge in [-0.3, -0.25) is 4.79 Å². The smallest absolute Gasteiger partial charge is 0.255 e. The van der Waals surface area contributed by atoms with E-state index in [2.05, 4.69) is 5.32 Å². The lowest BCUT2D eigenvalue weighted by molar-refractivity contribution is 0.102. The van der Waals surface area contributed by atoms with Gasteiger partial charge in [-0.15, -0.1) is 0 Å². The fourth-order valence-corrected chi connectivity index (χ4v) is 3.66. The van der Waals surface area contributed by atoms with Gasteiger partial charge in [0, 0.05) is 24.8 Å². The quantitative estimate of drug-likeness (QED) is 0.819. The van der Waals surface area contributed by atoms with E-state index < -0.39 is 10.0 Å². The van der Waals surface area contributed by atoms with Crippen LogP contribution in [0.3, 0.4) is 0 Å². The molecule has 0 aliphatic rings. The Kier molecular flexibility index (Phi) is 6.33. The molecule has 2 rings (SSSR count). The third kappa shape index (κ3) is 4.90. The van der Waals surface area contributed by atoms with Crippen molar-refractivity contribution < 1.29 is 13.2 Å². The van der Waals surface area contributed by atoms with Gasteiger partial charge in [-0.1, -0.05) is 31.5 Å². The van der Waals surface area contributed by atoms with Crippen LogP contribution in [0.5, 0.6) is 0 Å². The van der Waals surface area contributed by atoms with Crippen molar-refractivity contribution in [2.45, 2.75) is 31.6 Å². The van der Waals surface area contributed by atoms with Crippen molar-refractivity contribution in [2.75, 3.05) is 18.9 Å². The maximum atomic E-state index is 12.6. The van der Waals surface area contributed by atoms with Crippen molar-refractivity contribution in [3.63, 3.8) is 0 Å². The lowest BCUT2D eigenvalue weighted by atomic mass is 10.2. The lowest BCUT2D eigenvalue weighted by Gasteiger charge is -2.17. The van der Waals surface area contributed by atoms with Gasteiger partial charge in [0.2, 0.25) is 10.0 Å². The summed E-state index contributed by atoms with van der Waals surface area (Å²) in [6, 6.07) is 13.6. The topological polar surface area (TPSA) is 66.5 Å². The Morgan fingerprint density at radius 1 is 1.12 bits per heavy atom. The summed E-state index contributed by atoms with van der Waals surface area (Å²) in [7, 11) is -2.03. The van der Waals surface area contributed by atoms with Crippen LogP contribution >= 0.6 is 0 Å². The molecule has 0 aliphatic heterocycles. The van der Waals surface area contributed by atoms with Crippen LogP contribution in [0.4, 0.5) is 5.69 Å². The third-order valence-electron chi connectivity index (χ3n) is 3.91. The van der Waals surface area contributed by atoms with E-state index in [4.69, 9.17) is 0 Å². The normalized spacial score (nSPS) is 11.5. The molecule has 1 N–H and O–H groups in total. The second-order valence-electron chi connectivity index (χ2n) is 6.03. The molecule has 0 bridgehead atoms. The molecule has 0 saturated heterocycles. The minimum atomic E-state index is -3.59. The Morgan fingerprint density at radius 3 is 2.52 bits per heavy atom. The van der Waals surface area contributed by atoms with E-state index in [1.807, 2.05) is 32.0 Å². The van der Waals surface area contributed by atoms with Gasteiger partial charge in [-0.25, -0.2) is 12.7 Å². The Labute approximate surface area is 149 Å². The maximum absolute atomic E-state index is 12.6. The van der Waals surface area contributed by atoms with E-state index in [-0.39, 0.29) is 10.8 Å². The number of anilines is 1. The molecule has 5 nitrogen and oxygen atoms in total. The highest BCUT2D eigenvalue weighted by Gasteiger charge is 2.21. The van der Waals surface area contributed by atoms with Crippen LogP contribution in [-0.4, -0.2) is 32.2 Å². The molecule has 0 unspecified atom stereocenters. The number of rotatable bonds is 7. The number of carbonyl (C=O) groups excluding carboxylic acids is 1. The van der Waals surface area contributed by atoms with Gasteiger partial charge in [0.15, 0.2) is 0 Å². The van der Waals surface area contributed by atoms with Crippen LogP contribution in [0.15, 0.2) is 53.4 Å². The monoisotopic (exact) mass is 360 g/mol. The SMILES string of the molecule is CCCCN(C)S(=O)(=O)c1cccc(C(=O)Nc2cccc(C)c2)c1. The summed E-state index contributed by atoms with van der Waals surface area (Å²) in [5.74, 6) is -0.334. The van der Waals surface area contributed by atoms with E-state index >= 15 is 0 Å². The molecule has 134 valence electrons. The first kappa shape index (κ1) is 19.1. The second-order valence-corrected chi connectivity index (χ2v) is 8.08. The number of nitrogens with zero attached hydrogens (tertiary/aromatic N) is 1. The zero-order valence-electron chi connectivity index (χ0n) is 14.8. The fraction of sp³-hybridized carbons (Fsp3) is 0.316. The first-order valence-corrected chi connectivity index (χ1v) is 9.73. The summed E-state index contributed by atoms with van der Waals surface area (Å²) in [4.78, 5) is 12.6. The second kappa shape index (κ2) is 8.27. The van der Waals surface area contributed by atoms with Gasteiger partial charge in [0.05, 0.1) is 4.90 Å². The summed E-state index contributed by atoms with van der Waals surface area (Å²) in [5.41, 5.74) is 2.02. The van der Waals surface area contributed by atoms with Gasteiger partial charge < -0.3 is 5.32 Å². The lowest BCUT2D eigenvalue weighted by Crippen LogP contribution is -2.28. The average molecular weight is 360 g/mol. The van der Waals surface area contributed by atoms with E-state index in [0.717, 1.165) is 18.4 Å². The molecule has 6 heteroatoms. The van der Waals surface area contributed by atoms with Crippen molar-refractivity contribution in [3.05, 3.63) is 59.7 Å². The number of nitrogens with one attached hydrogen (secondary N) is 1. The molecule has 0 radical (unpaired) electrons. The highest BCUT2D eigenvalue weighted by atomic mass is 32.2. The van der Waals surface area contributed by atoms with Gasteiger partial charge in [-0.2, -0.15) is 0 Å². The number of amides is 1. The van der Waals surface area contributed by atoms with Crippen LogP contribution in [-0.2, 0) is 10.0 Å². The minimum Gasteiger partial charge on any atom is -0.322 e. The van der Waals surface area contributed by atoms with Crippen molar-refractivity contribution in [3.8, 4) is 0 Å². The maximum Gasteiger partial charge on any atom is 0.255 e. The molecule has 0 spiro atoms. The van der Waals surface area contributed by atoms with Crippen LogP contribution in [0.2, 0.25) is 0 Å². The summed E-state index contributed by atoms with van der Waals surface area (Å²) in [6.07, 6.45) is 1.71. The largest absolute Gasteiger partial charge is 0.322 e. The summed E-state index contributed by atoms with van der Waals surface area (Å²) in [6.45, 7) is 4.41. The molecule has 1 amide bonds. The van der Waals surface area contributed by atoms with Crippen LogP contribution in [0.25, 0.3) is 0 Å². The molecule has 2 aromatic carbocycles. The Balaban J connectivity index is 2.21. The van der Waals surface area contributed by atoms with Gasteiger partial charge in [0.1, 0.15) is 0 Å².